The van der Waals surface area contributed by atoms with Crippen LogP contribution in [0.1, 0.15) is 152 Å². The zero-order valence-corrected chi connectivity index (χ0v) is 28.2. The molecular weight excluding hydrogens is 532 g/mol. The van der Waals surface area contributed by atoms with E-state index >= 15 is 0 Å². The Hall–Kier alpha value is -3.18. The summed E-state index contributed by atoms with van der Waals surface area (Å²) in [5, 5.41) is 0. The van der Waals surface area contributed by atoms with Crippen molar-refractivity contribution >= 4 is 11.4 Å². The number of aryl methyl sites for hydroxylation is 2. The molecule has 2 heteroatoms. The van der Waals surface area contributed by atoms with E-state index in [2.05, 4.69) is 99.4 Å². The lowest BCUT2D eigenvalue weighted by Gasteiger charge is -2.13. The normalized spacial score (nSPS) is 13.1. The summed E-state index contributed by atoms with van der Waals surface area (Å²) >= 11 is 0. The largest absolute Gasteiger partial charge is 0.493 e. The molecule has 2 nitrogen and oxygen atoms in total. The van der Waals surface area contributed by atoms with Crippen LogP contribution in [0.25, 0.3) is 16.9 Å². The van der Waals surface area contributed by atoms with E-state index in [1.165, 1.54) is 99.3 Å². The minimum absolute atomic E-state index is 0.833. The van der Waals surface area contributed by atoms with Gasteiger partial charge >= 0.3 is 0 Å². The Labute approximate surface area is 270 Å². The third-order valence-corrected chi connectivity index (χ3v) is 8.61. The van der Waals surface area contributed by atoms with Crippen LogP contribution >= 0.6 is 0 Å². The highest BCUT2D eigenvalue weighted by Crippen LogP contribution is 2.37. The molecule has 0 fully saturated rings. The van der Waals surface area contributed by atoms with Crippen LogP contribution in [0.3, 0.4) is 0 Å². The maximum atomic E-state index is 11.8. The Morgan fingerprint density at radius 2 is 1.36 bits per heavy atom. The van der Waals surface area contributed by atoms with E-state index in [-0.39, 0.29) is 0 Å². The summed E-state index contributed by atoms with van der Waals surface area (Å²) in [6.45, 7) is 6.72. The van der Waals surface area contributed by atoms with E-state index in [0.717, 1.165) is 66.6 Å². The molecule has 1 aliphatic rings. The Morgan fingerprint density at radius 3 is 2.11 bits per heavy atom. The highest BCUT2D eigenvalue weighted by molar-refractivity contribution is 5.81. The minimum Gasteiger partial charge on any atom is -0.493 e. The molecule has 2 aromatic carbocycles. The molecule has 0 saturated heterocycles. The second-order valence-corrected chi connectivity index (χ2v) is 12.4. The number of hydrogen-bond acceptors (Lipinski definition) is 0. The van der Waals surface area contributed by atoms with E-state index in [1.54, 1.807) is 0 Å². The molecule has 236 valence electrons. The van der Waals surface area contributed by atoms with E-state index in [1.807, 2.05) is 0 Å². The highest BCUT2D eigenvalue weighted by atomic mass is 15.2. The van der Waals surface area contributed by atoms with Crippen LogP contribution in [0.2, 0.25) is 0 Å². The molecule has 0 radical (unpaired) electrons. The van der Waals surface area contributed by atoms with Crippen LogP contribution in [-0.4, -0.2) is 4.70 Å². The van der Waals surface area contributed by atoms with Gasteiger partial charge in [-0.15, -0.1) is 11.8 Å². The fourth-order valence-corrected chi connectivity index (χ4v) is 6.02. The van der Waals surface area contributed by atoms with Crippen LogP contribution in [0, 0.1) is 11.8 Å². The number of unbranched alkanes of at least 4 members (excludes halogenated alkanes) is 13. The highest BCUT2D eigenvalue weighted by Gasteiger charge is 2.29. The lowest BCUT2D eigenvalue weighted by Crippen LogP contribution is -2.05. The van der Waals surface area contributed by atoms with Crippen molar-refractivity contribution in [2.24, 2.45) is 0 Å². The monoisotopic (exact) mass is 590 g/mol. The lowest BCUT2D eigenvalue weighted by molar-refractivity contribution is -0.344. The van der Waals surface area contributed by atoms with Crippen molar-refractivity contribution in [1.82, 2.24) is 0 Å². The van der Waals surface area contributed by atoms with Crippen molar-refractivity contribution in [1.29, 1.82) is 0 Å². The third kappa shape index (κ3) is 12.1. The zero-order valence-electron chi connectivity index (χ0n) is 28.2. The van der Waals surface area contributed by atoms with E-state index in [9.17, 15) is 5.53 Å². The van der Waals surface area contributed by atoms with Gasteiger partial charge in [0.05, 0.1) is 5.57 Å². The van der Waals surface area contributed by atoms with Gasteiger partial charge in [0.1, 0.15) is 0 Å². The van der Waals surface area contributed by atoms with Crippen LogP contribution in [0.4, 0.5) is 0 Å². The average molecular weight is 591 g/mol. The summed E-state index contributed by atoms with van der Waals surface area (Å²) in [5.74, 6) is 6.64. The van der Waals surface area contributed by atoms with Crippen LogP contribution in [0.5, 0.6) is 0 Å². The Balaban J connectivity index is 1.78. The summed E-state index contributed by atoms with van der Waals surface area (Å²) in [4.78, 5) is 0. The van der Waals surface area contributed by atoms with Crippen molar-refractivity contribution in [2.75, 3.05) is 0 Å². The standard InChI is InChI=1S/C42H58N2/c1-4-7-10-13-15-16-17-20-23-31-39-35-41(38-32-26-28-36(34-38)27-21-19-14-11-8-5-2)44(43)42(39)40-33-25-24-30-37(40)29-22-18-12-9-6-3/h23-26,28,30-35H,4-11,13-17,19-22,27,29H2,1-3H3. The van der Waals surface area contributed by atoms with Gasteiger partial charge in [0.2, 0.25) is 11.4 Å². The second-order valence-electron chi connectivity index (χ2n) is 12.4. The molecule has 1 aliphatic heterocycles. The van der Waals surface area contributed by atoms with Crippen molar-refractivity contribution in [2.45, 2.75) is 143 Å². The molecule has 3 rings (SSSR count). The van der Waals surface area contributed by atoms with Crippen molar-refractivity contribution < 1.29 is 4.70 Å². The molecule has 0 amide bonds. The molecule has 0 aliphatic carbocycles. The van der Waals surface area contributed by atoms with Gasteiger partial charge in [0.15, 0.2) is 0 Å². The Morgan fingerprint density at radius 1 is 0.682 bits per heavy atom. The van der Waals surface area contributed by atoms with E-state index < -0.39 is 0 Å². The molecule has 0 saturated carbocycles. The van der Waals surface area contributed by atoms with E-state index in [0.29, 0.717) is 0 Å². The first kappa shape index (κ1) is 35.3. The van der Waals surface area contributed by atoms with Crippen molar-refractivity contribution in [3.8, 4) is 11.8 Å². The SMILES string of the molecule is CCCC#CCCc1ccccc1C1=C(C=CCCCCCCCCC)C=C(c2cccc(CCCCCCCC)c2)[N+]1=[N-]. The van der Waals surface area contributed by atoms with Gasteiger partial charge in [-0.3, -0.25) is 0 Å². The van der Waals surface area contributed by atoms with Crippen LogP contribution < -0.4 is 0 Å². The maximum Gasteiger partial charge on any atom is 0.215 e. The van der Waals surface area contributed by atoms with Gasteiger partial charge in [0, 0.05) is 30.0 Å². The Kier molecular flexibility index (Phi) is 17.3. The predicted molar refractivity (Wildman–Crippen MR) is 191 cm³/mol. The summed E-state index contributed by atoms with van der Waals surface area (Å²) < 4.78 is 1.44. The second kappa shape index (κ2) is 21.5. The van der Waals surface area contributed by atoms with Gasteiger partial charge in [-0.05, 0) is 67.9 Å². The number of rotatable bonds is 21. The summed E-state index contributed by atoms with van der Waals surface area (Å²) in [7, 11) is 0. The summed E-state index contributed by atoms with van der Waals surface area (Å²) in [6.07, 6.45) is 29.7. The topological polar surface area (TPSA) is 25.3 Å². The van der Waals surface area contributed by atoms with Gasteiger partial charge in [-0.25, -0.2) is 4.70 Å². The number of allylic oxidation sites excluding steroid dienone is 4. The molecule has 0 unspecified atom stereocenters. The molecule has 0 atom stereocenters. The maximum absolute atomic E-state index is 11.8. The van der Waals surface area contributed by atoms with Crippen LogP contribution in [0.15, 0.2) is 72.3 Å². The smallest absolute Gasteiger partial charge is 0.215 e. The number of hydrogen-bond donors (Lipinski definition) is 0. The fraction of sp³-hybridized carbons (Fsp3) is 0.524. The molecule has 0 N–H and O–H groups in total. The first-order valence-electron chi connectivity index (χ1n) is 17.9. The van der Waals surface area contributed by atoms with E-state index in [4.69, 9.17) is 0 Å². The van der Waals surface area contributed by atoms with Crippen molar-refractivity contribution in [3.05, 3.63) is 100 Å². The summed E-state index contributed by atoms with van der Waals surface area (Å²) in [5.41, 5.74) is 19.3. The molecule has 0 bridgehead atoms. The van der Waals surface area contributed by atoms with Gasteiger partial charge in [-0.2, -0.15) is 0 Å². The minimum atomic E-state index is 0.833. The number of benzene rings is 2. The third-order valence-electron chi connectivity index (χ3n) is 8.61. The molecule has 44 heavy (non-hydrogen) atoms. The Bertz CT molecular complexity index is 1300. The van der Waals surface area contributed by atoms with Crippen molar-refractivity contribution in [3.63, 3.8) is 0 Å². The molecule has 0 aromatic heterocycles. The number of nitrogens with zero attached hydrogens (tertiary/aromatic N) is 2. The van der Waals surface area contributed by atoms with Crippen LogP contribution in [-0.2, 0) is 12.8 Å². The fourth-order valence-electron chi connectivity index (χ4n) is 6.02. The van der Waals surface area contributed by atoms with Gasteiger partial charge in [-0.1, -0.05) is 134 Å². The molecule has 0 spiro atoms. The molecule has 1 heterocycles. The average Bonchev–Trinajstić information content (AvgIpc) is 3.37. The van der Waals surface area contributed by atoms with Gasteiger partial charge in [0.25, 0.3) is 0 Å². The summed E-state index contributed by atoms with van der Waals surface area (Å²) in [6, 6.07) is 17.3. The molecular formula is C42H58N2. The predicted octanol–water partition coefficient (Wildman–Crippen LogP) is 12.8. The zero-order chi connectivity index (χ0) is 31.2. The van der Waals surface area contributed by atoms with Gasteiger partial charge < -0.3 is 5.53 Å². The lowest BCUT2D eigenvalue weighted by atomic mass is 9.98. The first-order valence-corrected chi connectivity index (χ1v) is 17.9. The first-order chi connectivity index (χ1) is 21.7. The molecule has 2 aromatic rings. The quantitative estimate of drug-likeness (QED) is 0.0785.